The molecule has 1 saturated heterocycles. The summed E-state index contributed by atoms with van der Waals surface area (Å²) in [5.74, 6) is 0.503. The van der Waals surface area contributed by atoms with Gasteiger partial charge in [-0.2, -0.15) is 0 Å². The van der Waals surface area contributed by atoms with Crippen LogP contribution < -0.4 is 11.2 Å². The van der Waals surface area contributed by atoms with E-state index in [0.717, 1.165) is 29.0 Å². The molecule has 0 saturated carbocycles. The zero-order valence-corrected chi connectivity index (χ0v) is 12.5. The number of hydrogen-bond donors (Lipinski definition) is 5. The summed E-state index contributed by atoms with van der Waals surface area (Å²) in [5.41, 5.74) is -3.36. The van der Waals surface area contributed by atoms with Gasteiger partial charge in [-0.3, -0.25) is 18.9 Å². The fourth-order valence-corrected chi connectivity index (χ4v) is 2.64. The molecule has 0 aromatic carbocycles. The Morgan fingerprint density at radius 3 is 2.57 bits per heavy atom. The van der Waals surface area contributed by atoms with Gasteiger partial charge in [0.15, 0.2) is 6.23 Å². The highest BCUT2D eigenvalue weighted by molar-refractivity contribution is 7.55. The first-order valence-corrected chi connectivity index (χ1v) is 8.02. The molecule has 0 bridgehead atoms. The van der Waals surface area contributed by atoms with Crippen molar-refractivity contribution in [2.75, 3.05) is 0 Å². The Morgan fingerprint density at radius 1 is 1.39 bits per heavy atom. The number of aromatic nitrogens is 2. The zero-order chi connectivity index (χ0) is 17.4. The third-order valence-electron chi connectivity index (χ3n) is 3.38. The van der Waals surface area contributed by atoms with Crippen molar-refractivity contribution in [1.29, 1.82) is 0 Å². The highest BCUT2D eigenvalue weighted by Gasteiger charge is 2.52. The van der Waals surface area contributed by atoms with Gasteiger partial charge in [0, 0.05) is 18.1 Å². The van der Waals surface area contributed by atoms with Crippen molar-refractivity contribution >= 4 is 7.60 Å². The number of aliphatic hydroxyl groups excluding tert-OH is 2. The van der Waals surface area contributed by atoms with E-state index in [1.54, 1.807) is 0 Å². The van der Waals surface area contributed by atoms with Gasteiger partial charge in [0.2, 0.25) is 0 Å². The number of ether oxygens (including phenoxy) is 1. The van der Waals surface area contributed by atoms with Gasteiger partial charge in [-0.15, -0.1) is 0 Å². The first kappa shape index (κ1) is 17.5. The Hall–Kier alpha value is -1.81. The summed E-state index contributed by atoms with van der Waals surface area (Å²) in [7, 11) is -4.55. The van der Waals surface area contributed by atoms with E-state index in [-0.39, 0.29) is 0 Å². The lowest BCUT2D eigenvalue weighted by atomic mass is 9.95. The average Bonchev–Trinajstić information content (AvgIpc) is 2.70. The predicted molar refractivity (Wildman–Crippen MR) is 77.6 cm³/mol. The lowest BCUT2D eigenvalue weighted by Gasteiger charge is -2.24. The molecule has 2 heterocycles. The Morgan fingerprint density at radius 2 is 2.04 bits per heavy atom. The molecular formula is C12H15N2O8P. The molecule has 11 heteroatoms. The first-order valence-electron chi connectivity index (χ1n) is 6.34. The van der Waals surface area contributed by atoms with Gasteiger partial charge in [0.25, 0.3) is 5.56 Å². The summed E-state index contributed by atoms with van der Waals surface area (Å²) in [6, 6.07) is 1.02. The normalized spacial score (nSPS) is 31.6. The quantitative estimate of drug-likeness (QED) is 0.322. The van der Waals surface area contributed by atoms with Crippen LogP contribution in [-0.2, 0) is 9.30 Å². The summed E-state index contributed by atoms with van der Waals surface area (Å²) in [4.78, 5) is 42.6. The highest BCUT2D eigenvalue weighted by atomic mass is 31.2. The smallest absolute Gasteiger partial charge is 0.348 e. The highest BCUT2D eigenvalue weighted by Crippen LogP contribution is 2.42. The van der Waals surface area contributed by atoms with E-state index < -0.39 is 42.9 Å². The van der Waals surface area contributed by atoms with Crippen molar-refractivity contribution in [2.45, 2.75) is 24.0 Å². The predicted octanol–water partition coefficient (Wildman–Crippen LogP) is -1.60. The maximum atomic E-state index is 11.8. The minimum atomic E-state index is -4.55. The van der Waals surface area contributed by atoms with Crippen LogP contribution >= 0.6 is 7.60 Å². The summed E-state index contributed by atoms with van der Waals surface area (Å²) in [5, 5.41) is 20.2. The summed E-state index contributed by atoms with van der Waals surface area (Å²) < 4.78 is 17.2. The van der Waals surface area contributed by atoms with E-state index in [0.29, 0.717) is 5.82 Å². The fraction of sp³-hybridized carbons (Fsp3) is 0.333. The van der Waals surface area contributed by atoms with Crippen molar-refractivity contribution in [2.24, 2.45) is 0 Å². The molecule has 1 aromatic rings. The Kier molecular flexibility index (Phi) is 4.58. The molecule has 23 heavy (non-hydrogen) atoms. The standard InChI is InChI=1S/C12H15N2O8P/c1-2-12(4-6-23(19,20)21)9(17)8(16)10(22-12)14-5-3-7(15)13-11(14)18/h2-6,8-10,16-17H,1H2,(H,13,15,18)(H2,19,20,21)/b6-4+/t8-,9+,10?,12?/m1/s1. The fourth-order valence-electron chi connectivity index (χ4n) is 2.21. The van der Waals surface area contributed by atoms with E-state index in [4.69, 9.17) is 14.5 Å². The van der Waals surface area contributed by atoms with Gasteiger partial charge in [0.05, 0.1) is 0 Å². The second-order valence-electron chi connectivity index (χ2n) is 4.92. The minimum Gasteiger partial charge on any atom is -0.387 e. The molecular weight excluding hydrogens is 331 g/mol. The number of nitrogens with one attached hydrogen (secondary N) is 1. The van der Waals surface area contributed by atoms with Crippen molar-refractivity contribution in [1.82, 2.24) is 9.55 Å². The van der Waals surface area contributed by atoms with Crippen LogP contribution in [0.1, 0.15) is 6.23 Å². The molecule has 5 N–H and O–H groups in total. The van der Waals surface area contributed by atoms with Gasteiger partial charge in [-0.05, 0) is 6.08 Å². The molecule has 0 amide bonds. The van der Waals surface area contributed by atoms with E-state index >= 15 is 0 Å². The van der Waals surface area contributed by atoms with Crippen LogP contribution in [0, 0.1) is 0 Å². The molecule has 1 aliphatic rings. The van der Waals surface area contributed by atoms with Crippen LogP contribution in [0.2, 0.25) is 0 Å². The van der Waals surface area contributed by atoms with Crippen LogP contribution in [0.25, 0.3) is 0 Å². The van der Waals surface area contributed by atoms with E-state index in [9.17, 15) is 24.4 Å². The summed E-state index contributed by atoms with van der Waals surface area (Å²) in [6.45, 7) is 3.42. The van der Waals surface area contributed by atoms with Crippen molar-refractivity contribution < 1.29 is 29.3 Å². The van der Waals surface area contributed by atoms with Gasteiger partial charge in [-0.25, -0.2) is 4.79 Å². The minimum absolute atomic E-state index is 0.503. The van der Waals surface area contributed by atoms with Crippen LogP contribution in [0.3, 0.4) is 0 Å². The Labute approximate surface area is 129 Å². The molecule has 10 nitrogen and oxygen atoms in total. The largest absolute Gasteiger partial charge is 0.387 e. The lowest BCUT2D eigenvalue weighted by Crippen LogP contribution is -2.40. The molecule has 1 aliphatic heterocycles. The monoisotopic (exact) mass is 346 g/mol. The molecule has 0 spiro atoms. The number of nitrogens with zero attached hydrogens (tertiary/aromatic N) is 1. The lowest BCUT2D eigenvalue weighted by molar-refractivity contribution is -0.0531. The zero-order valence-electron chi connectivity index (χ0n) is 11.6. The molecule has 0 aliphatic carbocycles. The number of hydrogen-bond acceptors (Lipinski definition) is 6. The first-order chi connectivity index (χ1) is 10.6. The van der Waals surface area contributed by atoms with Crippen molar-refractivity contribution in [3.05, 3.63) is 57.6 Å². The molecule has 126 valence electrons. The van der Waals surface area contributed by atoms with Crippen LogP contribution in [-0.4, -0.2) is 47.4 Å². The molecule has 1 aromatic heterocycles. The van der Waals surface area contributed by atoms with Gasteiger partial charge >= 0.3 is 13.3 Å². The van der Waals surface area contributed by atoms with Crippen molar-refractivity contribution in [3.63, 3.8) is 0 Å². The Balaban J connectivity index is 2.45. The maximum absolute atomic E-state index is 11.8. The SMILES string of the molecule is C=CC1(/C=C/P(=O)(O)O)OC(n2ccc(=O)[nH]c2=O)[C@H](O)[C@@H]1O. The van der Waals surface area contributed by atoms with E-state index in [2.05, 4.69) is 6.58 Å². The number of aliphatic hydroxyl groups is 2. The number of H-pyrrole nitrogens is 1. The number of rotatable bonds is 4. The van der Waals surface area contributed by atoms with Crippen LogP contribution in [0.5, 0.6) is 0 Å². The maximum Gasteiger partial charge on any atom is 0.348 e. The molecule has 0 radical (unpaired) electrons. The summed E-state index contributed by atoms with van der Waals surface area (Å²) >= 11 is 0. The number of aromatic amines is 1. The third-order valence-corrected chi connectivity index (χ3v) is 3.91. The molecule has 4 atom stereocenters. The van der Waals surface area contributed by atoms with E-state index in [1.807, 2.05) is 4.98 Å². The van der Waals surface area contributed by atoms with Gasteiger partial charge in [-0.1, -0.05) is 12.7 Å². The molecule has 1 fully saturated rings. The molecule has 2 unspecified atom stereocenters. The van der Waals surface area contributed by atoms with Gasteiger partial charge in [0.1, 0.15) is 17.8 Å². The Bertz CT molecular complexity index is 793. The third kappa shape index (κ3) is 3.42. The second kappa shape index (κ2) is 6.00. The summed E-state index contributed by atoms with van der Waals surface area (Å²) in [6.07, 6.45) is -1.68. The van der Waals surface area contributed by atoms with E-state index in [1.165, 1.54) is 0 Å². The van der Waals surface area contributed by atoms with Crippen molar-refractivity contribution in [3.8, 4) is 0 Å². The topological polar surface area (TPSA) is 162 Å². The van der Waals surface area contributed by atoms with Crippen LogP contribution in [0.4, 0.5) is 0 Å². The van der Waals surface area contributed by atoms with Gasteiger partial charge < -0.3 is 24.7 Å². The van der Waals surface area contributed by atoms with Crippen LogP contribution in [0.15, 0.2) is 46.4 Å². The molecule has 2 rings (SSSR count). The average molecular weight is 346 g/mol. The second-order valence-corrected chi connectivity index (χ2v) is 6.40.